The standard InChI is InChI=1S/C22H30N4O2/c1-6-7-14(2)17(10-11-19(27)24-16-8-9-16)15-12-18-20(23-13-15)26(21(28)25-18)22(3,4)5/h7,10,12-13,16H,6,8-9,11H2,1-5H3,(H,24,27)(H,25,28)/b14-7-,17-10+. The van der Waals surface area contributed by atoms with Crippen molar-refractivity contribution in [1.82, 2.24) is 19.9 Å². The summed E-state index contributed by atoms with van der Waals surface area (Å²) in [7, 11) is 0. The number of aromatic amines is 1. The van der Waals surface area contributed by atoms with Gasteiger partial charge in [-0.05, 0) is 64.2 Å². The summed E-state index contributed by atoms with van der Waals surface area (Å²) in [5, 5.41) is 3.02. The Hall–Kier alpha value is -2.63. The average molecular weight is 383 g/mol. The van der Waals surface area contributed by atoms with Gasteiger partial charge in [0.05, 0.1) is 5.52 Å². The van der Waals surface area contributed by atoms with E-state index >= 15 is 0 Å². The third-order valence-electron chi connectivity index (χ3n) is 4.87. The Balaban J connectivity index is 1.99. The molecule has 28 heavy (non-hydrogen) atoms. The van der Waals surface area contributed by atoms with Crippen LogP contribution in [-0.4, -0.2) is 26.5 Å². The first-order valence-electron chi connectivity index (χ1n) is 9.99. The van der Waals surface area contributed by atoms with E-state index in [0.717, 1.165) is 36.0 Å². The SMILES string of the molecule is CC/C=C(C)\C(=C/CC(=O)NC1CC1)c1cnc2c(c1)[nH]c(=O)n2C(C)(C)C. The van der Waals surface area contributed by atoms with Crippen LogP contribution in [0.3, 0.4) is 0 Å². The van der Waals surface area contributed by atoms with Gasteiger partial charge in [0, 0.05) is 29.8 Å². The minimum absolute atomic E-state index is 0.0469. The molecule has 2 N–H and O–H groups in total. The summed E-state index contributed by atoms with van der Waals surface area (Å²) >= 11 is 0. The molecule has 6 heteroatoms. The van der Waals surface area contributed by atoms with Gasteiger partial charge in [-0.3, -0.25) is 9.36 Å². The van der Waals surface area contributed by atoms with Crippen LogP contribution in [0.4, 0.5) is 0 Å². The monoisotopic (exact) mass is 382 g/mol. The van der Waals surface area contributed by atoms with Crippen LogP contribution in [0.5, 0.6) is 0 Å². The predicted molar refractivity (Wildman–Crippen MR) is 113 cm³/mol. The molecule has 0 spiro atoms. The first-order valence-corrected chi connectivity index (χ1v) is 9.99. The van der Waals surface area contributed by atoms with Gasteiger partial charge in [-0.25, -0.2) is 9.78 Å². The number of allylic oxidation sites excluding steroid dienone is 3. The molecule has 0 atom stereocenters. The fraction of sp³-hybridized carbons (Fsp3) is 0.500. The second-order valence-corrected chi connectivity index (χ2v) is 8.49. The van der Waals surface area contributed by atoms with Gasteiger partial charge in [0.2, 0.25) is 5.91 Å². The van der Waals surface area contributed by atoms with Crippen molar-refractivity contribution in [3.8, 4) is 0 Å². The quantitative estimate of drug-likeness (QED) is 0.744. The molecule has 2 heterocycles. The fourth-order valence-electron chi connectivity index (χ4n) is 3.40. The van der Waals surface area contributed by atoms with E-state index < -0.39 is 0 Å². The fourth-order valence-corrected chi connectivity index (χ4v) is 3.40. The minimum atomic E-state index is -0.360. The molecule has 1 aliphatic rings. The second-order valence-electron chi connectivity index (χ2n) is 8.49. The number of carbonyl (C=O) groups excluding carboxylic acids is 1. The number of pyridine rings is 1. The van der Waals surface area contributed by atoms with Gasteiger partial charge in [-0.1, -0.05) is 19.1 Å². The van der Waals surface area contributed by atoms with Crippen LogP contribution in [0, 0.1) is 0 Å². The first-order chi connectivity index (χ1) is 13.2. The molecule has 0 unspecified atom stereocenters. The molecule has 1 saturated carbocycles. The van der Waals surface area contributed by atoms with Gasteiger partial charge in [0.15, 0.2) is 5.65 Å². The molecular weight excluding hydrogens is 352 g/mol. The van der Waals surface area contributed by atoms with Crippen LogP contribution in [-0.2, 0) is 10.3 Å². The Morgan fingerprint density at radius 1 is 1.36 bits per heavy atom. The maximum absolute atomic E-state index is 12.4. The van der Waals surface area contributed by atoms with Gasteiger partial charge >= 0.3 is 5.69 Å². The number of amides is 1. The summed E-state index contributed by atoms with van der Waals surface area (Å²) in [6.45, 7) is 10.1. The van der Waals surface area contributed by atoms with Gasteiger partial charge in [0.1, 0.15) is 0 Å². The highest BCUT2D eigenvalue weighted by Gasteiger charge is 2.23. The zero-order chi connectivity index (χ0) is 20.5. The Morgan fingerprint density at radius 3 is 2.68 bits per heavy atom. The Labute approximate surface area is 165 Å². The van der Waals surface area contributed by atoms with Crippen molar-refractivity contribution in [3.63, 3.8) is 0 Å². The first kappa shape index (κ1) is 20.1. The number of hydrogen-bond acceptors (Lipinski definition) is 3. The van der Waals surface area contributed by atoms with Crippen molar-refractivity contribution in [2.24, 2.45) is 0 Å². The highest BCUT2D eigenvalue weighted by Crippen LogP contribution is 2.27. The lowest BCUT2D eigenvalue weighted by molar-refractivity contribution is -0.120. The van der Waals surface area contributed by atoms with Gasteiger partial charge in [0.25, 0.3) is 0 Å². The highest BCUT2D eigenvalue weighted by atomic mass is 16.2. The molecule has 0 aliphatic heterocycles. The number of rotatable bonds is 6. The molecule has 150 valence electrons. The molecule has 1 amide bonds. The third kappa shape index (κ3) is 4.43. The Morgan fingerprint density at radius 2 is 2.07 bits per heavy atom. The van der Waals surface area contributed by atoms with Crippen LogP contribution >= 0.6 is 0 Å². The minimum Gasteiger partial charge on any atom is -0.353 e. The molecule has 0 aromatic carbocycles. The highest BCUT2D eigenvalue weighted by molar-refractivity contribution is 5.86. The zero-order valence-electron chi connectivity index (χ0n) is 17.4. The van der Waals surface area contributed by atoms with E-state index in [4.69, 9.17) is 0 Å². The van der Waals surface area contributed by atoms with Gasteiger partial charge in [-0.2, -0.15) is 0 Å². The van der Waals surface area contributed by atoms with Crippen molar-refractivity contribution in [3.05, 3.63) is 46.0 Å². The largest absolute Gasteiger partial charge is 0.353 e. The molecule has 0 radical (unpaired) electrons. The molecule has 2 aromatic heterocycles. The van der Waals surface area contributed by atoms with E-state index in [9.17, 15) is 9.59 Å². The summed E-state index contributed by atoms with van der Waals surface area (Å²) in [4.78, 5) is 32.1. The van der Waals surface area contributed by atoms with Crippen molar-refractivity contribution >= 4 is 22.6 Å². The number of nitrogens with one attached hydrogen (secondary N) is 2. The number of H-pyrrole nitrogens is 1. The van der Waals surface area contributed by atoms with Crippen molar-refractivity contribution in [1.29, 1.82) is 0 Å². The summed E-state index contributed by atoms with van der Waals surface area (Å²) in [6.07, 6.45) is 9.28. The molecule has 1 aliphatic carbocycles. The average Bonchev–Trinajstić information content (AvgIpc) is 3.33. The van der Waals surface area contributed by atoms with E-state index in [1.54, 1.807) is 10.8 Å². The molecule has 0 bridgehead atoms. The summed E-state index contributed by atoms with van der Waals surface area (Å²) < 4.78 is 1.67. The van der Waals surface area contributed by atoms with Crippen molar-refractivity contribution in [2.75, 3.05) is 0 Å². The normalized spacial score (nSPS) is 15.9. The maximum Gasteiger partial charge on any atom is 0.328 e. The van der Waals surface area contributed by atoms with E-state index in [0.29, 0.717) is 23.6 Å². The third-order valence-corrected chi connectivity index (χ3v) is 4.87. The molecule has 3 rings (SSSR count). The number of nitrogens with zero attached hydrogens (tertiary/aromatic N) is 2. The number of carbonyl (C=O) groups is 1. The Bertz CT molecular complexity index is 998. The van der Waals surface area contributed by atoms with Crippen LogP contribution in [0.1, 0.15) is 65.9 Å². The molecule has 1 fully saturated rings. The molecular formula is C22H30N4O2. The van der Waals surface area contributed by atoms with Crippen LogP contribution in [0.25, 0.3) is 16.7 Å². The number of aromatic nitrogens is 3. The van der Waals surface area contributed by atoms with Crippen molar-refractivity contribution in [2.45, 2.75) is 71.9 Å². The van der Waals surface area contributed by atoms with Crippen molar-refractivity contribution < 1.29 is 4.79 Å². The molecule has 6 nitrogen and oxygen atoms in total. The topological polar surface area (TPSA) is 79.8 Å². The predicted octanol–water partition coefficient (Wildman–Crippen LogP) is 3.89. The maximum atomic E-state index is 12.4. The summed E-state index contributed by atoms with van der Waals surface area (Å²) in [6, 6.07) is 2.31. The van der Waals surface area contributed by atoms with Crippen LogP contribution in [0.2, 0.25) is 0 Å². The van der Waals surface area contributed by atoms with Crippen LogP contribution < -0.4 is 11.0 Å². The van der Waals surface area contributed by atoms with E-state index in [-0.39, 0.29) is 17.1 Å². The van der Waals surface area contributed by atoms with Crippen LogP contribution in [0.15, 0.2) is 34.8 Å². The number of imidazole rings is 1. The molecule has 0 saturated heterocycles. The van der Waals surface area contributed by atoms with Gasteiger partial charge in [-0.15, -0.1) is 0 Å². The van der Waals surface area contributed by atoms with Gasteiger partial charge < -0.3 is 10.3 Å². The van der Waals surface area contributed by atoms with E-state index in [1.165, 1.54) is 0 Å². The summed E-state index contributed by atoms with van der Waals surface area (Å²) in [5.74, 6) is 0.0469. The lowest BCUT2D eigenvalue weighted by Crippen LogP contribution is -2.32. The molecule has 2 aromatic rings. The lowest BCUT2D eigenvalue weighted by Gasteiger charge is -2.20. The van der Waals surface area contributed by atoms with E-state index in [2.05, 4.69) is 28.3 Å². The number of fused-ring (bicyclic) bond motifs is 1. The smallest absolute Gasteiger partial charge is 0.328 e. The number of hydrogen-bond donors (Lipinski definition) is 2. The Kier molecular flexibility index (Phi) is 5.59. The second kappa shape index (κ2) is 7.78. The zero-order valence-corrected chi connectivity index (χ0v) is 17.4. The lowest BCUT2D eigenvalue weighted by atomic mass is 9.98. The van der Waals surface area contributed by atoms with E-state index in [1.807, 2.05) is 39.8 Å². The summed E-state index contributed by atoms with van der Waals surface area (Å²) in [5.41, 5.74) is 3.80.